The first kappa shape index (κ1) is 14.0. The zero-order valence-electron chi connectivity index (χ0n) is 10.5. The van der Waals surface area contributed by atoms with Crippen molar-refractivity contribution in [1.82, 2.24) is 10.2 Å². The number of fused-ring (bicyclic) bond motifs is 1. The van der Waals surface area contributed by atoms with E-state index in [0.29, 0.717) is 16.5 Å². The molecule has 1 heterocycles. The fourth-order valence-corrected chi connectivity index (χ4v) is 2.22. The Morgan fingerprint density at radius 2 is 2.05 bits per heavy atom. The molecule has 106 valence electrons. The standard InChI is InChI=1S/C13H14N2O5/c16-6-10-7(1-2-11-9(10)5-14-15-11)3-8(13(19)20)4-12(17)18/h1-2,5,8,16H,3-4,6H2,(H,14,15)(H,17,18)(H,19,20). The van der Waals surface area contributed by atoms with Crippen LogP contribution in [0.4, 0.5) is 0 Å². The van der Waals surface area contributed by atoms with Crippen molar-refractivity contribution in [1.29, 1.82) is 0 Å². The van der Waals surface area contributed by atoms with Crippen LogP contribution in [-0.4, -0.2) is 37.5 Å². The SMILES string of the molecule is O=C(O)CC(Cc1ccc2[nH]ncc2c1CO)C(=O)O. The molecule has 20 heavy (non-hydrogen) atoms. The van der Waals surface area contributed by atoms with Crippen LogP contribution in [0.3, 0.4) is 0 Å². The highest BCUT2D eigenvalue weighted by atomic mass is 16.4. The zero-order chi connectivity index (χ0) is 14.7. The second-order valence-corrected chi connectivity index (χ2v) is 4.53. The number of benzene rings is 1. The maximum atomic E-state index is 11.1. The Labute approximate surface area is 113 Å². The quantitative estimate of drug-likeness (QED) is 0.619. The molecule has 4 N–H and O–H groups in total. The van der Waals surface area contributed by atoms with Gasteiger partial charge in [0.05, 0.1) is 30.7 Å². The van der Waals surface area contributed by atoms with E-state index in [4.69, 9.17) is 10.2 Å². The van der Waals surface area contributed by atoms with Gasteiger partial charge in [-0.25, -0.2) is 0 Å². The lowest BCUT2D eigenvalue weighted by Gasteiger charge is -2.13. The van der Waals surface area contributed by atoms with Gasteiger partial charge < -0.3 is 15.3 Å². The number of aromatic nitrogens is 2. The molecule has 0 spiro atoms. The van der Waals surface area contributed by atoms with Crippen molar-refractivity contribution in [2.24, 2.45) is 5.92 Å². The molecule has 1 atom stereocenters. The molecule has 0 saturated carbocycles. The fraction of sp³-hybridized carbons (Fsp3) is 0.308. The van der Waals surface area contributed by atoms with Gasteiger partial charge in [-0.15, -0.1) is 0 Å². The van der Waals surface area contributed by atoms with Gasteiger partial charge in [-0.05, 0) is 23.6 Å². The van der Waals surface area contributed by atoms with Crippen LogP contribution in [0, 0.1) is 5.92 Å². The lowest BCUT2D eigenvalue weighted by atomic mass is 9.92. The second-order valence-electron chi connectivity index (χ2n) is 4.53. The predicted octanol–water partition coefficient (Wildman–Crippen LogP) is 0.773. The summed E-state index contributed by atoms with van der Waals surface area (Å²) in [6.45, 7) is -0.258. The number of aliphatic hydroxyl groups excluding tert-OH is 1. The zero-order valence-corrected chi connectivity index (χ0v) is 10.5. The van der Waals surface area contributed by atoms with E-state index in [-0.39, 0.29) is 13.0 Å². The average molecular weight is 278 g/mol. The van der Waals surface area contributed by atoms with Gasteiger partial charge in [-0.3, -0.25) is 14.7 Å². The highest BCUT2D eigenvalue weighted by molar-refractivity contribution is 5.83. The number of carboxylic acids is 2. The lowest BCUT2D eigenvalue weighted by molar-refractivity contribution is -0.148. The van der Waals surface area contributed by atoms with E-state index in [2.05, 4.69) is 10.2 Å². The van der Waals surface area contributed by atoms with Crippen LogP contribution in [-0.2, 0) is 22.6 Å². The lowest BCUT2D eigenvalue weighted by Crippen LogP contribution is -2.20. The van der Waals surface area contributed by atoms with Crippen LogP contribution in [0.1, 0.15) is 17.5 Å². The molecule has 0 saturated heterocycles. The fourth-order valence-electron chi connectivity index (χ4n) is 2.22. The summed E-state index contributed by atoms with van der Waals surface area (Å²) in [6, 6.07) is 3.42. The minimum absolute atomic E-state index is 0.0542. The molecule has 0 bridgehead atoms. The summed E-state index contributed by atoms with van der Waals surface area (Å²) in [4.78, 5) is 21.8. The maximum absolute atomic E-state index is 11.1. The molecule has 2 rings (SSSR count). The summed E-state index contributed by atoms with van der Waals surface area (Å²) in [5, 5.41) is 34.6. The maximum Gasteiger partial charge on any atom is 0.307 e. The molecule has 0 aliphatic rings. The Balaban J connectivity index is 2.36. The summed E-state index contributed by atoms with van der Waals surface area (Å²) in [5.74, 6) is -3.35. The first-order valence-electron chi connectivity index (χ1n) is 6.02. The van der Waals surface area contributed by atoms with E-state index < -0.39 is 24.3 Å². The number of carbonyl (C=O) groups is 2. The molecule has 0 amide bonds. The Hall–Kier alpha value is -2.41. The van der Waals surface area contributed by atoms with Crippen LogP contribution in [0.5, 0.6) is 0 Å². The molecule has 7 nitrogen and oxygen atoms in total. The van der Waals surface area contributed by atoms with Gasteiger partial charge in [0.15, 0.2) is 0 Å². The van der Waals surface area contributed by atoms with Gasteiger partial charge >= 0.3 is 11.9 Å². The normalized spacial score (nSPS) is 12.4. The third-order valence-corrected chi connectivity index (χ3v) is 3.23. The second kappa shape index (κ2) is 5.70. The third kappa shape index (κ3) is 2.77. The van der Waals surface area contributed by atoms with Crippen molar-refractivity contribution >= 4 is 22.8 Å². The van der Waals surface area contributed by atoms with Crippen molar-refractivity contribution in [3.8, 4) is 0 Å². The van der Waals surface area contributed by atoms with Crippen LogP contribution < -0.4 is 0 Å². The van der Waals surface area contributed by atoms with E-state index in [1.165, 1.54) is 0 Å². The Morgan fingerprint density at radius 1 is 1.30 bits per heavy atom. The van der Waals surface area contributed by atoms with Crippen molar-refractivity contribution in [2.45, 2.75) is 19.4 Å². The molecular formula is C13H14N2O5. The Bertz CT molecular complexity index is 649. The summed E-state index contributed by atoms with van der Waals surface area (Å²) in [6.07, 6.45) is 1.15. The molecule has 0 aliphatic carbocycles. The number of aromatic amines is 1. The van der Waals surface area contributed by atoms with Gasteiger partial charge in [0.2, 0.25) is 0 Å². The number of H-pyrrole nitrogens is 1. The molecule has 2 aromatic rings. The first-order chi connectivity index (χ1) is 9.52. The van der Waals surface area contributed by atoms with Gasteiger partial charge in [0, 0.05) is 5.39 Å². The van der Waals surface area contributed by atoms with Gasteiger partial charge in [-0.1, -0.05) is 6.07 Å². The predicted molar refractivity (Wildman–Crippen MR) is 69.1 cm³/mol. The van der Waals surface area contributed by atoms with Crippen LogP contribution in [0.15, 0.2) is 18.3 Å². The van der Waals surface area contributed by atoms with E-state index in [9.17, 15) is 14.7 Å². The minimum atomic E-state index is -1.16. The monoisotopic (exact) mass is 278 g/mol. The van der Waals surface area contributed by atoms with Gasteiger partial charge in [-0.2, -0.15) is 5.10 Å². The highest BCUT2D eigenvalue weighted by Gasteiger charge is 2.23. The molecule has 0 aliphatic heterocycles. The van der Waals surface area contributed by atoms with E-state index in [0.717, 1.165) is 5.52 Å². The average Bonchev–Trinajstić information content (AvgIpc) is 2.85. The smallest absolute Gasteiger partial charge is 0.307 e. The Kier molecular flexibility index (Phi) is 3.99. The van der Waals surface area contributed by atoms with Gasteiger partial charge in [0.1, 0.15) is 0 Å². The van der Waals surface area contributed by atoms with Crippen LogP contribution in [0.25, 0.3) is 10.9 Å². The largest absolute Gasteiger partial charge is 0.481 e. The molecule has 1 aromatic carbocycles. The molecule has 1 aromatic heterocycles. The van der Waals surface area contributed by atoms with E-state index in [1.54, 1.807) is 18.3 Å². The van der Waals surface area contributed by atoms with Crippen LogP contribution in [0.2, 0.25) is 0 Å². The van der Waals surface area contributed by atoms with Crippen molar-refractivity contribution in [3.05, 3.63) is 29.5 Å². The number of hydrogen-bond donors (Lipinski definition) is 4. The number of aliphatic carboxylic acids is 2. The Morgan fingerprint density at radius 3 is 2.65 bits per heavy atom. The van der Waals surface area contributed by atoms with E-state index >= 15 is 0 Å². The molecule has 1 unspecified atom stereocenters. The third-order valence-electron chi connectivity index (χ3n) is 3.23. The molecule has 0 fully saturated rings. The number of carboxylic acid groups (broad SMARTS) is 2. The molecular weight excluding hydrogens is 264 g/mol. The van der Waals surface area contributed by atoms with E-state index in [1.807, 2.05) is 0 Å². The van der Waals surface area contributed by atoms with Crippen molar-refractivity contribution in [2.75, 3.05) is 0 Å². The van der Waals surface area contributed by atoms with Crippen LogP contribution >= 0.6 is 0 Å². The van der Waals surface area contributed by atoms with Crippen molar-refractivity contribution < 1.29 is 24.9 Å². The first-order valence-corrected chi connectivity index (χ1v) is 6.02. The molecule has 7 heteroatoms. The molecule has 0 radical (unpaired) electrons. The minimum Gasteiger partial charge on any atom is -0.481 e. The summed E-state index contributed by atoms with van der Waals surface area (Å²) < 4.78 is 0. The van der Waals surface area contributed by atoms with Gasteiger partial charge in [0.25, 0.3) is 0 Å². The topological polar surface area (TPSA) is 124 Å². The number of rotatable bonds is 6. The number of nitrogens with one attached hydrogen (secondary N) is 1. The van der Waals surface area contributed by atoms with Crippen molar-refractivity contribution in [3.63, 3.8) is 0 Å². The highest BCUT2D eigenvalue weighted by Crippen LogP contribution is 2.24. The number of aliphatic hydroxyl groups is 1. The number of nitrogens with zero attached hydrogens (tertiary/aromatic N) is 1. The summed E-state index contributed by atoms with van der Waals surface area (Å²) in [7, 11) is 0. The summed E-state index contributed by atoms with van der Waals surface area (Å²) in [5.41, 5.74) is 1.94. The summed E-state index contributed by atoms with van der Waals surface area (Å²) >= 11 is 0. The number of hydrogen-bond acceptors (Lipinski definition) is 4.